The summed E-state index contributed by atoms with van der Waals surface area (Å²) in [7, 11) is 0. The van der Waals surface area contributed by atoms with E-state index in [0.29, 0.717) is 37.3 Å². The molecule has 2 amide bonds. The number of hydrogen-bond donors (Lipinski definition) is 1. The quantitative estimate of drug-likeness (QED) is 0.392. The molecule has 188 valence electrons. The fraction of sp³-hybridized carbons (Fsp3) is 0.214. The number of fused-ring (bicyclic) bond motifs is 1. The number of rotatable bonds is 8. The van der Waals surface area contributed by atoms with E-state index in [1.807, 2.05) is 12.1 Å². The van der Waals surface area contributed by atoms with Crippen LogP contribution >= 0.6 is 0 Å². The number of amides is 2. The number of nitrogens with one attached hydrogen (secondary N) is 1. The molecule has 0 radical (unpaired) electrons. The first kappa shape index (κ1) is 24.3. The maximum absolute atomic E-state index is 13.8. The van der Waals surface area contributed by atoms with Gasteiger partial charge in [0.2, 0.25) is 5.91 Å². The third-order valence-corrected chi connectivity index (χ3v) is 6.22. The van der Waals surface area contributed by atoms with Crippen LogP contribution in [0.5, 0.6) is 0 Å². The Morgan fingerprint density at radius 3 is 2.81 bits per heavy atom. The highest BCUT2D eigenvalue weighted by Gasteiger charge is 2.35. The van der Waals surface area contributed by atoms with E-state index in [0.717, 1.165) is 16.7 Å². The Morgan fingerprint density at radius 2 is 2.03 bits per heavy atom. The molecular formula is C28H25FN4O4. The maximum Gasteiger partial charge on any atom is 0.281 e. The van der Waals surface area contributed by atoms with Crippen LogP contribution in [0.1, 0.15) is 38.8 Å². The number of hydrogen-bond acceptors (Lipinski definition) is 6. The SMILES string of the molecule is O=C(NCCc1cccc(F)c1)C(c1cccnc1)N(C(=O)c1cocn1)c1ccc2c(c1)CCOC2. The van der Waals surface area contributed by atoms with Crippen LogP contribution in [0.2, 0.25) is 0 Å². The van der Waals surface area contributed by atoms with Crippen LogP contribution in [-0.4, -0.2) is 34.9 Å². The van der Waals surface area contributed by atoms with Crippen LogP contribution < -0.4 is 10.2 Å². The number of benzene rings is 2. The molecule has 0 saturated heterocycles. The van der Waals surface area contributed by atoms with E-state index in [-0.39, 0.29) is 18.1 Å². The summed E-state index contributed by atoms with van der Waals surface area (Å²) >= 11 is 0. The summed E-state index contributed by atoms with van der Waals surface area (Å²) < 4.78 is 24.2. The highest BCUT2D eigenvalue weighted by atomic mass is 19.1. The molecule has 5 rings (SSSR count). The second-order valence-corrected chi connectivity index (χ2v) is 8.66. The highest BCUT2D eigenvalue weighted by Crippen LogP contribution is 2.32. The lowest BCUT2D eigenvalue weighted by Crippen LogP contribution is -2.44. The number of carbonyl (C=O) groups is 2. The van der Waals surface area contributed by atoms with Gasteiger partial charge in [-0.05, 0) is 59.9 Å². The predicted octanol–water partition coefficient (Wildman–Crippen LogP) is 4.03. The summed E-state index contributed by atoms with van der Waals surface area (Å²) in [5, 5.41) is 2.92. The molecule has 1 aliphatic rings. The fourth-order valence-electron chi connectivity index (χ4n) is 4.40. The number of oxazole rings is 1. The fourth-order valence-corrected chi connectivity index (χ4v) is 4.40. The number of anilines is 1. The van der Waals surface area contributed by atoms with Gasteiger partial charge >= 0.3 is 0 Å². The predicted molar refractivity (Wildman–Crippen MR) is 133 cm³/mol. The van der Waals surface area contributed by atoms with Crippen LogP contribution in [-0.2, 0) is 29.0 Å². The smallest absolute Gasteiger partial charge is 0.281 e. The van der Waals surface area contributed by atoms with Gasteiger partial charge in [0.05, 0.1) is 13.2 Å². The van der Waals surface area contributed by atoms with Gasteiger partial charge in [-0.1, -0.05) is 24.3 Å². The van der Waals surface area contributed by atoms with Crippen molar-refractivity contribution in [3.8, 4) is 0 Å². The van der Waals surface area contributed by atoms with Crippen LogP contribution in [0, 0.1) is 5.82 Å². The van der Waals surface area contributed by atoms with Gasteiger partial charge in [-0.25, -0.2) is 9.37 Å². The minimum atomic E-state index is -1.04. The number of halogens is 1. The van der Waals surface area contributed by atoms with Gasteiger partial charge in [-0.2, -0.15) is 0 Å². The largest absolute Gasteiger partial charge is 0.451 e. The lowest BCUT2D eigenvalue weighted by Gasteiger charge is -2.31. The average molecular weight is 501 g/mol. The molecule has 2 aromatic carbocycles. The number of pyridine rings is 1. The molecule has 2 aromatic heterocycles. The molecule has 8 nitrogen and oxygen atoms in total. The second-order valence-electron chi connectivity index (χ2n) is 8.66. The van der Waals surface area contributed by atoms with E-state index in [4.69, 9.17) is 9.15 Å². The molecule has 9 heteroatoms. The zero-order valence-corrected chi connectivity index (χ0v) is 20.0. The van der Waals surface area contributed by atoms with Crippen molar-refractivity contribution in [3.05, 3.63) is 113 Å². The zero-order valence-electron chi connectivity index (χ0n) is 20.0. The summed E-state index contributed by atoms with van der Waals surface area (Å²) in [5.74, 6) is -1.23. The lowest BCUT2D eigenvalue weighted by molar-refractivity contribution is -0.122. The van der Waals surface area contributed by atoms with E-state index >= 15 is 0 Å². The highest BCUT2D eigenvalue weighted by molar-refractivity contribution is 6.09. The van der Waals surface area contributed by atoms with Gasteiger partial charge in [-0.3, -0.25) is 19.5 Å². The van der Waals surface area contributed by atoms with E-state index in [1.54, 1.807) is 42.7 Å². The Morgan fingerprint density at radius 1 is 1.11 bits per heavy atom. The molecule has 4 aromatic rings. The molecule has 3 heterocycles. The van der Waals surface area contributed by atoms with E-state index < -0.39 is 17.9 Å². The zero-order chi connectivity index (χ0) is 25.6. The van der Waals surface area contributed by atoms with Crippen LogP contribution in [0.25, 0.3) is 0 Å². The topological polar surface area (TPSA) is 97.6 Å². The Bertz CT molecular complexity index is 1380. The molecular weight excluding hydrogens is 475 g/mol. The minimum absolute atomic E-state index is 0.0718. The van der Waals surface area contributed by atoms with Gasteiger partial charge in [0.1, 0.15) is 18.1 Å². The van der Waals surface area contributed by atoms with Gasteiger partial charge in [-0.15, -0.1) is 0 Å². The molecule has 0 fully saturated rings. The van der Waals surface area contributed by atoms with Crippen molar-refractivity contribution in [3.63, 3.8) is 0 Å². The van der Waals surface area contributed by atoms with Crippen molar-refractivity contribution in [1.29, 1.82) is 0 Å². The third kappa shape index (κ3) is 5.57. The average Bonchev–Trinajstić information content (AvgIpc) is 3.47. The molecule has 1 atom stereocenters. The summed E-state index contributed by atoms with van der Waals surface area (Å²) in [6.45, 7) is 1.34. The normalized spacial score (nSPS) is 13.4. The standard InChI is InChI=1S/C28H25FN4O4/c29-23-5-1-3-19(13-23)8-11-31-27(34)26(21-4-2-10-30-15-21)33(28(35)25-17-37-18-32-25)24-7-6-22-16-36-12-9-20(22)14-24/h1-7,10,13-15,17-18,26H,8-9,11-12,16H2,(H,31,34). The molecule has 0 aliphatic carbocycles. The summed E-state index contributed by atoms with van der Waals surface area (Å²) in [5.41, 5.74) is 4.00. The Hall–Kier alpha value is -4.37. The van der Waals surface area contributed by atoms with Crippen molar-refractivity contribution in [2.24, 2.45) is 0 Å². The molecule has 1 N–H and O–H groups in total. The number of nitrogens with zero attached hydrogens (tertiary/aromatic N) is 3. The van der Waals surface area contributed by atoms with Gasteiger partial charge in [0, 0.05) is 30.2 Å². The molecule has 0 bridgehead atoms. The number of aromatic nitrogens is 2. The third-order valence-electron chi connectivity index (χ3n) is 6.22. The number of carbonyl (C=O) groups excluding carboxylic acids is 2. The lowest BCUT2D eigenvalue weighted by atomic mass is 9.99. The molecule has 1 unspecified atom stereocenters. The first-order valence-corrected chi connectivity index (χ1v) is 11.9. The van der Waals surface area contributed by atoms with E-state index in [9.17, 15) is 14.0 Å². The molecule has 0 spiro atoms. The molecule has 1 aliphatic heterocycles. The summed E-state index contributed by atoms with van der Waals surface area (Å²) in [6, 6.07) is 14.3. The van der Waals surface area contributed by atoms with Crippen LogP contribution in [0.3, 0.4) is 0 Å². The van der Waals surface area contributed by atoms with Crippen LogP contribution in [0.4, 0.5) is 10.1 Å². The van der Waals surface area contributed by atoms with Crippen molar-refractivity contribution < 1.29 is 23.1 Å². The first-order valence-electron chi connectivity index (χ1n) is 11.9. The van der Waals surface area contributed by atoms with Gasteiger partial charge in [0.15, 0.2) is 12.1 Å². The van der Waals surface area contributed by atoms with Crippen molar-refractivity contribution in [1.82, 2.24) is 15.3 Å². The first-order chi connectivity index (χ1) is 18.1. The van der Waals surface area contributed by atoms with Crippen LogP contribution in [0.15, 0.2) is 84.1 Å². The Balaban J connectivity index is 1.50. The van der Waals surface area contributed by atoms with Crippen molar-refractivity contribution in [2.75, 3.05) is 18.1 Å². The Kier molecular flexibility index (Phi) is 7.32. The molecule has 37 heavy (non-hydrogen) atoms. The Labute approximate surface area is 213 Å². The maximum atomic E-state index is 13.8. The summed E-state index contributed by atoms with van der Waals surface area (Å²) in [4.78, 5) is 37.1. The molecule has 0 saturated carbocycles. The summed E-state index contributed by atoms with van der Waals surface area (Å²) in [6.07, 6.45) is 6.72. The van der Waals surface area contributed by atoms with E-state index in [2.05, 4.69) is 15.3 Å². The van der Waals surface area contributed by atoms with Crippen molar-refractivity contribution in [2.45, 2.75) is 25.5 Å². The van der Waals surface area contributed by atoms with Gasteiger partial charge in [0.25, 0.3) is 5.91 Å². The number of ether oxygens (including phenoxy) is 1. The monoisotopic (exact) mass is 500 g/mol. The van der Waals surface area contributed by atoms with Gasteiger partial charge < -0.3 is 14.5 Å². The van der Waals surface area contributed by atoms with Crippen molar-refractivity contribution >= 4 is 17.5 Å². The van der Waals surface area contributed by atoms with E-state index in [1.165, 1.54) is 29.7 Å². The second kappa shape index (κ2) is 11.1. The minimum Gasteiger partial charge on any atom is -0.451 e.